The smallest absolute Gasteiger partial charge is 0.322 e. The molecule has 3 heterocycles. The maximum atomic E-state index is 12.7. The van der Waals surface area contributed by atoms with Gasteiger partial charge in [0.2, 0.25) is 0 Å². The predicted octanol–water partition coefficient (Wildman–Crippen LogP) is 2.35. The van der Waals surface area contributed by atoms with Crippen molar-refractivity contribution in [2.24, 2.45) is 7.05 Å². The molecule has 0 radical (unpaired) electrons. The van der Waals surface area contributed by atoms with Gasteiger partial charge in [-0.2, -0.15) is 0 Å². The topological polar surface area (TPSA) is 81.5 Å². The summed E-state index contributed by atoms with van der Waals surface area (Å²) in [6, 6.07) is 5.59. The summed E-state index contributed by atoms with van der Waals surface area (Å²) < 4.78 is 12.9. The second kappa shape index (κ2) is 8.18. The van der Waals surface area contributed by atoms with Crippen molar-refractivity contribution in [3.05, 3.63) is 35.8 Å². The van der Waals surface area contributed by atoms with E-state index in [4.69, 9.17) is 9.47 Å². The van der Waals surface area contributed by atoms with Gasteiger partial charge in [-0.25, -0.2) is 4.79 Å². The van der Waals surface area contributed by atoms with Crippen LogP contribution < -0.4 is 10.1 Å². The fourth-order valence-corrected chi connectivity index (χ4v) is 3.00. The van der Waals surface area contributed by atoms with E-state index in [1.54, 1.807) is 22.9 Å². The van der Waals surface area contributed by atoms with Crippen molar-refractivity contribution in [3.8, 4) is 5.88 Å². The molecule has 0 spiro atoms. The number of urea groups is 1. The number of aromatic nitrogens is 3. The molecule has 1 fully saturated rings. The second-order valence-electron chi connectivity index (χ2n) is 6.37. The van der Waals surface area contributed by atoms with E-state index in [1.165, 1.54) is 0 Å². The van der Waals surface area contributed by atoms with Gasteiger partial charge in [0, 0.05) is 26.3 Å². The SMILES string of the molecule is COc1nn(C)c(C)c1NC(=O)N1CCC[C@H](OCc2ccccn2)C1. The van der Waals surface area contributed by atoms with E-state index in [0.29, 0.717) is 31.3 Å². The van der Waals surface area contributed by atoms with Crippen molar-refractivity contribution in [1.82, 2.24) is 19.7 Å². The van der Waals surface area contributed by atoms with Crippen molar-refractivity contribution in [1.29, 1.82) is 0 Å². The Bertz CT molecular complexity index is 747. The van der Waals surface area contributed by atoms with E-state index < -0.39 is 0 Å². The molecule has 1 atom stereocenters. The standard InChI is InChI=1S/C18H25N5O3/c1-13-16(17(25-3)21-22(13)2)20-18(24)23-10-6-8-15(11-23)26-12-14-7-4-5-9-19-14/h4-5,7,9,15H,6,8,10-12H2,1-3H3,(H,20,24)/t15-/m0/s1. The molecular formula is C18H25N5O3. The number of rotatable bonds is 5. The number of nitrogens with one attached hydrogen (secondary N) is 1. The molecule has 0 unspecified atom stereocenters. The Hall–Kier alpha value is -2.61. The minimum Gasteiger partial charge on any atom is -0.478 e. The summed E-state index contributed by atoms with van der Waals surface area (Å²) in [6.45, 7) is 3.60. The molecule has 1 aliphatic rings. The predicted molar refractivity (Wildman–Crippen MR) is 97.1 cm³/mol. The number of carbonyl (C=O) groups excluding carboxylic acids is 1. The molecule has 0 saturated carbocycles. The number of ether oxygens (including phenoxy) is 2. The number of hydrogen-bond donors (Lipinski definition) is 1. The first-order valence-corrected chi connectivity index (χ1v) is 8.73. The molecule has 26 heavy (non-hydrogen) atoms. The van der Waals surface area contributed by atoms with Gasteiger partial charge >= 0.3 is 6.03 Å². The molecule has 1 saturated heterocycles. The van der Waals surface area contributed by atoms with Gasteiger partial charge in [-0.05, 0) is 31.9 Å². The minimum absolute atomic E-state index is 0.00777. The van der Waals surface area contributed by atoms with Gasteiger partial charge in [0.25, 0.3) is 5.88 Å². The number of amides is 2. The van der Waals surface area contributed by atoms with Crippen molar-refractivity contribution in [2.45, 2.75) is 32.5 Å². The van der Waals surface area contributed by atoms with Crippen LogP contribution in [0, 0.1) is 6.92 Å². The Kier molecular flexibility index (Phi) is 5.72. The molecule has 1 N–H and O–H groups in total. The first kappa shape index (κ1) is 18.2. The number of anilines is 1. The summed E-state index contributed by atoms with van der Waals surface area (Å²) >= 11 is 0. The number of pyridine rings is 1. The number of methoxy groups -OCH3 is 1. The van der Waals surface area contributed by atoms with Crippen LogP contribution in [0.25, 0.3) is 0 Å². The quantitative estimate of drug-likeness (QED) is 0.886. The molecule has 140 valence electrons. The zero-order valence-corrected chi connectivity index (χ0v) is 15.4. The van der Waals surface area contributed by atoms with Crippen LogP contribution in [0.2, 0.25) is 0 Å². The maximum absolute atomic E-state index is 12.7. The third kappa shape index (κ3) is 4.13. The molecule has 2 aromatic rings. The Labute approximate surface area is 153 Å². The Morgan fingerprint density at radius 2 is 2.27 bits per heavy atom. The molecule has 0 bridgehead atoms. The number of likely N-dealkylation sites (tertiary alicyclic amines) is 1. The largest absolute Gasteiger partial charge is 0.478 e. The van der Waals surface area contributed by atoms with Gasteiger partial charge in [-0.1, -0.05) is 6.07 Å². The fourth-order valence-electron chi connectivity index (χ4n) is 3.00. The van der Waals surface area contributed by atoms with Crippen LogP contribution in [0.1, 0.15) is 24.2 Å². The summed E-state index contributed by atoms with van der Waals surface area (Å²) in [5.41, 5.74) is 2.34. The molecule has 0 aromatic carbocycles. The van der Waals surface area contributed by atoms with Gasteiger partial charge in [-0.3, -0.25) is 9.67 Å². The van der Waals surface area contributed by atoms with Gasteiger partial charge in [0.15, 0.2) is 0 Å². The Balaban J connectivity index is 1.58. The van der Waals surface area contributed by atoms with Crippen molar-refractivity contribution in [3.63, 3.8) is 0 Å². The minimum atomic E-state index is -0.162. The summed E-state index contributed by atoms with van der Waals surface area (Å²) in [7, 11) is 3.36. The van der Waals surface area contributed by atoms with Gasteiger partial charge in [0.1, 0.15) is 5.69 Å². The first-order valence-electron chi connectivity index (χ1n) is 8.73. The fraction of sp³-hybridized carbons (Fsp3) is 0.500. The molecule has 8 nitrogen and oxygen atoms in total. The third-order valence-electron chi connectivity index (χ3n) is 4.59. The van der Waals surface area contributed by atoms with Crippen LogP contribution in [-0.2, 0) is 18.4 Å². The lowest BCUT2D eigenvalue weighted by Crippen LogP contribution is -2.45. The van der Waals surface area contributed by atoms with Crippen LogP contribution in [0.3, 0.4) is 0 Å². The molecule has 8 heteroatoms. The van der Waals surface area contributed by atoms with E-state index >= 15 is 0 Å². The molecule has 0 aliphatic carbocycles. The highest BCUT2D eigenvalue weighted by Gasteiger charge is 2.26. The van der Waals surface area contributed by atoms with E-state index in [-0.39, 0.29) is 12.1 Å². The lowest BCUT2D eigenvalue weighted by Gasteiger charge is -2.32. The average molecular weight is 359 g/mol. The van der Waals surface area contributed by atoms with Gasteiger partial charge < -0.3 is 19.7 Å². The number of aryl methyl sites for hydroxylation is 1. The summed E-state index contributed by atoms with van der Waals surface area (Å²) in [4.78, 5) is 18.7. The third-order valence-corrected chi connectivity index (χ3v) is 4.59. The highest BCUT2D eigenvalue weighted by Crippen LogP contribution is 2.27. The van der Waals surface area contributed by atoms with E-state index in [0.717, 1.165) is 24.2 Å². The van der Waals surface area contributed by atoms with E-state index in [1.807, 2.05) is 32.2 Å². The molecular weight excluding hydrogens is 334 g/mol. The normalized spacial score (nSPS) is 17.2. The Morgan fingerprint density at radius 3 is 3.00 bits per heavy atom. The van der Waals surface area contributed by atoms with E-state index in [9.17, 15) is 4.79 Å². The zero-order valence-electron chi connectivity index (χ0n) is 15.4. The maximum Gasteiger partial charge on any atom is 0.322 e. The lowest BCUT2D eigenvalue weighted by atomic mass is 10.1. The average Bonchev–Trinajstić information content (AvgIpc) is 2.95. The van der Waals surface area contributed by atoms with Crippen LogP contribution in [0.4, 0.5) is 10.5 Å². The number of nitrogens with zero attached hydrogens (tertiary/aromatic N) is 4. The molecule has 3 rings (SSSR count). The highest BCUT2D eigenvalue weighted by molar-refractivity contribution is 5.91. The number of carbonyl (C=O) groups is 1. The van der Waals surface area contributed by atoms with Gasteiger partial charge in [-0.15, -0.1) is 5.10 Å². The number of hydrogen-bond acceptors (Lipinski definition) is 5. The molecule has 2 aromatic heterocycles. The van der Waals surface area contributed by atoms with Crippen molar-refractivity contribution < 1.29 is 14.3 Å². The summed E-state index contributed by atoms with van der Waals surface area (Å²) in [6.07, 6.45) is 3.60. The monoisotopic (exact) mass is 359 g/mol. The molecule has 2 amide bonds. The lowest BCUT2D eigenvalue weighted by molar-refractivity contribution is -0.000329. The summed E-state index contributed by atoms with van der Waals surface area (Å²) in [5, 5.41) is 7.16. The van der Waals surface area contributed by atoms with Gasteiger partial charge in [0.05, 0.1) is 31.2 Å². The van der Waals surface area contributed by atoms with Crippen molar-refractivity contribution in [2.75, 3.05) is 25.5 Å². The second-order valence-corrected chi connectivity index (χ2v) is 6.37. The highest BCUT2D eigenvalue weighted by atomic mass is 16.5. The zero-order chi connectivity index (χ0) is 18.5. The summed E-state index contributed by atoms with van der Waals surface area (Å²) in [5.74, 6) is 0.415. The van der Waals surface area contributed by atoms with Crippen LogP contribution in [-0.4, -0.2) is 52.0 Å². The van der Waals surface area contributed by atoms with E-state index in [2.05, 4.69) is 15.4 Å². The molecule has 1 aliphatic heterocycles. The van der Waals surface area contributed by atoms with Crippen LogP contribution >= 0.6 is 0 Å². The van der Waals surface area contributed by atoms with Crippen LogP contribution in [0.5, 0.6) is 5.88 Å². The van der Waals surface area contributed by atoms with Crippen LogP contribution in [0.15, 0.2) is 24.4 Å². The first-order chi connectivity index (χ1) is 12.6. The van der Waals surface area contributed by atoms with Crippen molar-refractivity contribution >= 4 is 11.7 Å². The number of piperidine rings is 1. The Morgan fingerprint density at radius 1 is 1.42 bits per heavy atom.